The van der Waals surface area contributed by atoms with Crippen molar-refractivity contribution < 1.29 is 22.8 Å². The van der Waals surface area contributed by atoms with Crippen LogP contribution in [0.2, 0.25) is 0 Å². The highest BCUT2D eigenvalue weighted by Crippen LogP contribution is 2.34. The van der Waals surface area contributed by atoms with Crippen LogP contribution < -0.4 is 5.32 Å². The Balaban J connectivity index is 1.44. The highest BCUT2D eigenvalue weighted by atomic mass is 32.2. The first-order valence-electron chi connectivity index (χ1n) is 9.88. The van der Waals surface area contributed by atoms with Crippen molar-refractivity contribution in [3.8, 4) is 0 Å². The quantitative estimate of drug-likeness (QED) is 0.678. The normalized spacial score (nSPS) is 15.0. The third-order valence-electron chi connectivity index (χ3n) is 4.98. The largest absolute Gasteiger partial charge is 0.418 e. The number of hydrogen-bond acceptors (Lipinski definition) is 4. The van der Waals surface area contributed by atoms with Gasteiger partial charge >= 0.3 is 6.18 Å². The molecule has 0 atom stereocenters. The lowest BCUT2D eigenvalue weighted by molar-refractivity contribution is -0.137. The second kappa shape index (κ2) is 10.2. The maximum absolute atomic E-state index is 13.1. The number of para-hydroxylation sites is 1. The molecule has 1 aliphatic rings. The number of carbonyl (C=O) groups excluding carboxylic acids is 2. The number of piperazine rings is 1. The second-order valence-electron chi connectivity index (χ2n) is 7.35. The van der Waals surface area contributed by atoms with Crippen LogP contribution in [0.4, 0.5) is 18.9 Å². The summed E-state index contributed by atoms with van der Waals surface area (Å²) in [6.07, 6.45) is -4.54. The van der Waals surface area contributed by atoms with Gasteiger partial charge in [-0.05, 0) is 31.2 Å². The lowest BCUT2D eigenvalue weighted by Crippen LogP contribution is -2.50. The third-order valence-corrected chi connectivity index (χ3v) is 5.98. The topological polar surface area (TPSA) is 52.7 Å². The van der Waals surface area contributed by atoms with E-state index in [9.17, 15) is 22.8 Å². The molecule has 0 spiro atoms. The summed E-state index contributed by atoms with van der Waals surface area (Å²) in [6.45, 7) is 3.95. The van der Waals surface area contributed by atoms with Gasteiger partial charge in [0.2, 0.25) is 11.8 Å². The van der Waals surface area contributed by atoms with Crippen LogP contribution in [0.3, 0.4) is 0 Å². The van der Waals surface area contributed by atoms with Crippen molar-refractivity contribution in [3.63, 3.8) is 0 Å². The van der Waals surface area contributed by atoms with Crippen molar-refractivity contribution in [1.82, 2.24) is 9.80 Å². The predicted molar refractivity (Wildman–Crippen MR) is 115 cm³/mol. The molecule has 0 saturated carbocycles. The van der Waals surface area contributed by atoms with Crippen LogP contribution in [0.25, 0.3) is 0 Å². The fourth-order valence-electron chi connectivity index (χ4n) is 3.26. The maximum Gasteiger partial charge on any atom is 0.418 e. The van der Waals surface area contributed by atoms with E-state index in [2.05, 4.69) is 5.32 Å². The van der Waals surface area contributed by atoms with Crippen LogP contribution in [0, 0.1) is 6.92 Å². The monoisotopic (exact) mass is 451 g/mol. The van der Waals surface area contributed by atoms with Crippen LogP contribution >= 0.6 is 11.8 Å². The number of benzene rings is 2. The molecule has 1 fully saturated rings. The van der Waals surface area contributed by atoms with E-state index >= 15 is 0 Å². The molecule has 2 aromatic carbocycles. The average molecular weight is 452 g/mol. The number of thioether (sulfide) groups is 1. The Morgan fingerprint density at radius 3 is 2.29 bits per heavy atom. The molecule has 166 valence electrons. The van der Waals surface area contributed by atoms with Gasteiger partial charge in [-0.2, -0.15) is 13.2 Å². The Morgan fingerprint density at radius 2 is 1.65 bits per heavy atom. The highest BCUT2D eigenvalue weighted by Gasteiger charge is 2.33. The van der Waals surface area contributed by atoms with E-state index in [4.69, 9.17) is 0 Å². The number of nitrogens with zero attached hydrogens (tertiary/aromatic N) is 2. The molecular weight excluding hydrogens is 427 g/mol. The minimum absolute atomic E-state index is 0.0215. The standard InChI is InChI=1S/C22H24F3N3O2S/c1-16-6-8-17(9-7-16)31-15-21(30)28-12-10-27(11-13-28)14-20(29)26-19-5-3-2-4-18(19)22(23,24)25/h2-9H,10-15H2,1H3,(H,26,29). The van der Waals surface area contributed by atoms with Gasteiger partial charge in [-0.15, -0.1) is 11.8 Å². The fourth-order valence-corrected chi connectivity index (χ4v) is 4.06. The van der Waals surface area contributed by atoms with Crippen molar-refractivity contribution in [2.24, 2.45) is 0 Å². The lowest BCUT2D eigenvalue weighted by Gasteiger charge is -2.34. The fraction of sp³-hybridized carbons (Fsp3) is 0.364. The first kappa shape index (κ1) is 23.1. The van der Waals surface area contributed by atoms with Gasteiger partial charge in [0.15, 0.2) is 0 Å². The van der Waals surface area contributed by atoms with Crippen molar-refractivity contribution in [2.45, 2.75) is 18.0 Å². The summed E-state index contributed by atoms with van der Waals surface area (Å²) in [7, 11) is 0. The number of anilines is 1. The molecule has 31 heavy (non-hydrogen) atoms. The van der Waals surface area contributed by atoms with Gasteiger partial charge < -0.3 is 10.2 Å². The third kappa shape index (κ3) is 6.73. The molecule has 0 unspecified atom stereocenters. The molecular formula is C22H24F3N3O2S. The summed E-state index contributed by atoms with van der Waals surface area (Å²) in [6, 6.07) is 12.9. The van der Waals surface area contributed by atoms with Crippen LogP contribution in [-0.4, -0.2) is 60.1 Å². The first-order chi connectivity index (χ1) is 14.7. The van der Waals surface area contributed by atoms with E-state index in [1.807, 2.05) is 36.1 Å². The molecule has 0 radical (unpaired) electrons. The van der Waals surface area contributed by atoms with E-state index in [1.165, 1.54) is 30.0 Å². The van der Waals surface area contributed by atoms with Crippen molar-refractivity contribution in [1.29, 1.82) is 0 Å². The summed E-state index contributed by atoms with van der Waals surface area (Å²) < 4.78 is 39.2. The maximum atomic E-state index is 13.1. The molecule has 5 nitrogen and oxygen atoms in total. The number of carbonyl (C=O) groups is 2. The van der Waals surface area contributed by atoms with Crippen LogP contribution in [0.5, 0.6) is 0 Å². The Kier molecular flexibility index (Phi) is 7.61. The Hall–Kier alpha value is -2.52. The summed E-state index contributed by atoms with van der Waals surface area (Å²) in [5.41, 5.74) is 0.0458. The van der Waals surface area contributed by atoms with E-state index < -0.39 is 17.6 Å². The van der Waals surface area contributed by atoms with Gasteiger partial charge in [0.1, 0.15) is 0 Å². The Bertz CT molecular complexity index is 911. The molecule has 1 aliphatic heterocycles. The smallest absolute Gasteiger partial charge is 0.339 e. The molecule has 3 rings (SSSR count). The molecule has 2 amide bonds. The van der Waals surface area contributed by atoms with Gasteiger partial charge in [0.25, 0.3) is 0 Å². The number of alkyl halides is 3. The van der Waals surface area contributed by atoms with E-state index in [0.29, 0.717) is 31.9 Å². The van der Waals surface area contributed by atoms with Crippen molar-refractivity contribution in [3.05, 3.63) is 59.7 Å². The summed E-state index contributed by atoms with van der Waals surface area (Å²) in [4.78, 5) is 29.3. The molecule has 1 N–H and O–H groups in total. The minimum Gasteiger partial charge on any atom is -0.339 e. The predicted octanol–water partition coefficient (Wildman–Crippen LogP) is 3.89. The number of hydrogen-bond donors (Lipinski definition) is 1. The van der Waals surface area contributed by atoms with Gasteiger partial charge in [0.05, 0.1) is 23.5 Å². The number of halogens is 3. The summed E-state index contributed by atoms with van der Waals surface area (Å²) >= 11 is 1.49. The van der Waals surface area contributed by atoms with E-state index in [1.54, 1.807) is 4.90 Å². The summed E-state index contributed by atoms with van der Waals surface area (Å²) in [5, 5.41) is 2.36. The van der Waals surface area contributed by atoms with Crippen LogP contribution in [-0.2, 0) is 15.8 Å². The van der Waals surface area contributed by atoms with Gasteiger partial charge in [-0.25, -0.2) is 0 Å². The molecule has 0 aliphatic carbocycles. The number of rotatable bonds is 6. The van der Waals surface area contributed by atoms with E-state index in [-0.39, 0.29) is 18.1 Å². The van der Waals surface area contributed by atoms with Gasteiger partial charge in [-0.1, -0.05) is 29.8 Å². The summed E-state index contributed by atoms with van der Waals surface area (Å²) in [5.74, 6) is -0.127. The first-order valence-corrected chi connectivity index (χ1v) is 10.9. The minimum atomic E-state index is -4.54. The molecule has 1 heterocycles. The van der Waals surface area contributed by atoms with Crippen LogP contribution in [0.15, 0.2) is 53.4 Å². The van der Waals surface area contributed by atoms with Crippen LogP contribution in [0.1, 0.15) is 11.1 Å². The number of aryl methyl sites for hydroxylation is 1. The number of nitrogens with one attached hydrogen (secondary N) is 1. The molecule has 0 aromatic heterocycles. The number of amides is 2. The van der Waals surface area contributed by atoms with E-state index in [0.717, 1.165) is 16.5 Å². The van der Waals surface area contributed by atoms with Crippen molar-refractivity contribution in [2.75, 3.05) is 43.8 Å². The zero-order valence-corrected chi connectivity index (χ0v) is 17.9. The average Bonchev–Trinajstić information content (AvgIpc) is 2.73. The molecule has 2 aromatic rings. The van der Waals surface area contributed by atoms with Crippen molar-refractivity contribution >= 4 is 29.3 Å². The Labute approximate surface area is 183 Å². The second-order valence-corrected chi connectivity index (χ2v) is 8.40. The zero-order valence-electron chi connectivity index (χ0n) is 17.1. The zero-order chi connectivity index (χ0) is 22.4. The molecule has 1 saturated heterocycles. The molecule has 0 bridgehead atoms. The van der Waals surface area contributed by atoms with Gasteiger partial charge in [-0.3, -0.25) is 14.5 Å². The molecule has 9 heteroatoms. The highest BCUT2D eigenvalue weighted by molar-refractivity contribution is 8.00. The SMILES string of the molecule is Cc1ccc(SCC(=O)N2CCN(CC(=O)Nc3ccccc3C(F)(F)F)CC2)cc1. The lowest BCUT2D eigenvalue weighted by atomic mass is 10.1. The van der Waals surface area contributed by atoms with Gasteiger partial charge in [0, 0.05) is 31.1 Å². The Morgan fingerprint density at radius 1 is 1.00 bits per heavy atom.